The molecule has 160 valence electrons. The number of ether oxygens (including phenoxy) is 1. The summed E-state index contributed by atoms with van der Waals surface area (Å²) >= 11 is 0. The van der Waals surface area contributed by atoms with Gasteiger partial charge in [0.2, 0.25) is 21.8 Å². The van der Waals surface area contributed by atoms with Gasteiger partial charge in [0.05, 0.1) is 24.9 Å². The molecule has 3 aliphatic heterocycles. The molecule has 8 nitrogen and oxygen atoms in total. The molecule has 0 radical (unpaired) electrons. The molecule has 3 heterocycles. The summed E-state index contributed by atoms with van der Waals surface area (Å²) in [5.41, 5.74) is 0. The van der Waals surface area contributed by atoms with E-state index in [9.17, 15) is 18.0 Å². The molecule has 9 heteroatoms. The number of amides is 2. The molecule has 3 fully saturated rings. The van der Waals surface area contributed by atoms with Gasteiger partial charge in [-0.05, 0) is 32.1 Å². The molecule has 0 aliphatic carbocycles. The van der Waals surface area contributed by atoms with Crippen molar-refractivity contribution in [3.05, 3.63) is 0 Å². The fourth-order valence-corrected chi connectivity index (χ4v) is 6.02. The van der Waals surface area contributed by atoms with Crippen molar-refractivity contribution in [2.24, 2.45) is 11.8 Å². The van der Waals surface area contributed by atoms with Gasteiger partial charge in [0.25, 0.3) is 0 Å². The SMILES string of the molecule is CCCS(=O)(=O)N1CCCC(C(=O)N2CCC(C(=O)N3CCOCC3)CC2)C1. The number of morpholine rings is 1. The summed E-state index contributed by atoms with van der Waals surface area (Å²) in [6.45, 7) is 6.34. The van der Waals surface area contributed by atoms with Crippen LogP contribution >= 0.6 is 0 Å². The predicted molar refractivity (Wildman–Crippen MR) is 105 cm³/mol. The summed E-state index contributed by atoms with van der Waals surface area (Å²) in [5.74, 6) is 0.101. The number of sulfonamides is 1. The number of rotatable bonds is 5. The molecule has 2 amide bonds. The van der Waals surface area contributed by atoms with Gasteiger partial charge >= 0.3 is 0 Å². The van der Waals surface area contributed by atoms with E-state index in [1.54, 1.807) is 0 Å². The van der Waals surface area contributed by atoms with Gasteiger partial charge < -0.3 is 14.5 Å². The van der Waals surface area contributed by atoms with Gasteiger partial charge in [-0.3, -0.25) is 9.59 Å². The van der Waals surface area contributed by atoms with Crippen molar-refractivity contribution in [1.29, 1.82) is 0 Å². The van der Waals surface area contributed by atoms with Crippen LogP contribution in [0.5, 0.6) is 0 Å². The Kier molecular flexibility index (Phi) is 7.33. The quantitative estimate of drug-likeness (QED) is 0.654. The van der Waals surface area contributed by atoms with E-state index in [1.807, 2.05) is 16.7 Å². The van der Waals surface area contributed by atoms with E-state index in [0.717, 1.165) is 12.8 Å². The predicted octanol–water partition coefficient (Wildman–Crippen LogP) is 0.536. The molecule has 0 aromatic rings. The van der Waals surface area contributed by atoms with Crippen molar-refractivity contribution in [3.8, 4) is 0 Å². The summed E-state index contributed by atoms with van der Waals surface area (Å²) in [7, 11) is -3.26. The second kappa shape index (κ2) is 9.54. The largest absolute Gasteiger partial charge is 0.378 e. The second-order valence-corrected chi connectivity index (χ2v) is 10.1. The molecule has 1 unspecified atom stereocenters. The monoisotopic (exact) mass is 415 g/mol. The van der Waals surface area contributed by atoms with Crippen molar-refractivity contribution >= 4 is 21.8 Å². The number of carbonyl (C=O) groups is 2. The average Bonchev–Trinajstić information content (AvgIpc) is 2.73. The topological polar surface area (TPSA) is 87.2 Å². The first kappa shape index (κ1) is 21.5. The van der Waals surface area contributed by atoms with Crippen molar-refractivity contribution in [2.75, 3.05) is 58.2 Å². The van der Waals surface area contributed by atoms with Gasteiger partial charge in [0.15, 0.2) is 0 Å². The standard InChI is InChI=1S/C19H33N3O5S/c1-2-14-28(25,26)22-7-3-4-17(15-22)19(24)20-8-5-16(6-9-20)18(23)21-10-12-27-13-11-21/h16-17H,2-15H2,1H3. The summed E-state index contributed by atoms with van der Waals surface area (Å²) in [6.07, 6.45) is 3.43. The van der Waals surface area contributed by atoms with E-state index in [2.05, 4.69) is 0 Å². The first-order chi connectivity index (χ1) is 13.4. The van der Waals surface area contributed by atoms with Gasteiger partial charge in [0, 0.05) is 45.2 Å². The molecule has 1 atom stereocenters. The third-order valence-corrected chi connectivity index (χ3v) is 8.11. The van der Waals surface area contributed by atoms with Crippen LogP contribution in [0.4, 0.5) is 0 Å². The maximum atomic E-state index is 13.0. The van der Waals surface area contributed by atoms with Gasteiger partial charge in [-0.15, -0.1) is 0 Å². The molecular formula is C19H33N3O5S. The van der Waals surface area contributed by atoms with Crippen molar-refractivity contribution in [3.63, 3.8) is 0 Å². The lowest BCUT2D eigenvalue weighted by atomic mass is 9.92. The third kappa shape index (κ3) is 5.04. The minimum absolute atomic E-state index is 0.0186. The highest BCUT2D eigenvalue weighted by molar-refractivity contribution is 7.89. The molecule has 3 saturated heterocycles. The molecule has 3 aliphatic rings. The van der Waals surface area contributed by atoms with Crippen LogP contribution in [-0.4, -0.2) is 92.6 Å². The molecule has 0 bridgehead atoms. The maximum absolute atomic E-state index is 13.0. The fourth-order valence-electron chi connectivity index (χ4n) is 4.43. The Hall–Kier alpha value is -1.19. The Morgan fingerprint density at radius 2 is 1.50 bits per heavy atom. The van der Waals surface area contributed by atoms with Gasteiger partial charge in [-0.2, -0.15) is 0 Å². The van der Waals surface area contributed by atoms with Crippen LogP contribution in [0.3, 0.4) is 0 Å². The molecular weight excluding hydrogens is 382 g/mol. The van der Waals surface area contributed by atoms with E-state index in [0.29, 0.717) is 71.7 Å². The molecule has 0 aromatic heterocycles. The summed E-state index contributed by atoms with van der Waals surface area (Å²) < 4.78 is 31.5. The third-order valence-electron chi connectivity index (χ3n) is 6.07. The Morgan fingerprint density at radius 1 is 0.893 bits per heavy atom. The number of hydrogen-bond donors (Lipinski definition) is 0. The highest BCUT2D eigenvalue weighted by atomic mass is 32.2. The Morgan fingerprint density at radius 3 is 2.14 bits per heavy atom. The zero-order valence-corrected chi connectivity index (χ0v) is 17.7. The van der Waals surface area contributed by atoms with Gasteiger partial charge in [-0.1, -0.05) is 6.92 Å². The number of piperidine rings is 2. The zero-order valence-electron chi connectivity index (χ0n) is 16.8. The van der Waals surface area contributed by atoms with E-state index >= 15 is 0 Å². The van der Waals surface area contributed by atoms with Crippen LogP contribution in [0, 0.1) is 11.8 Å². The van der Waals surface area contributed by atoms with Crippen LogP contribution in [0.15, 0.2) is 0 Å². The van der Waals surface area contributed by atoms with E-state index in [4.69, 9.17) is 4.74 Å². The normalized spacial score (nSPS) is 25.7. The Balaban J connectivity index is 1.51. The lowest BCUT2D eigenvalue weighted by Gasteiger charge is -2.38. The Bertz CT molecular complexity index is 654. The fraction of sp³-hybridized carbons (Fsp3) is 0.895. The van der Waals surface area contributed by atoms with Crippen LogP contribution < -0.4 is 0 Å². The maximum Gasteiger partial charge on any atom is 0.227 e. The molecule has 0 spiro atoms. The van der Waals surface area contributed by atoms with Crippen LogP contribution in [0.1, 0.15) is 39.0 Å². The number of nitrogens with zero attached hydrogens (tertiary/aromatic N) is 3. The summed E-state index contributed by atoms with van der Waals surface area (Å²) in [6, 6.07) is 0. The molecule has 28 heavy (non-hydrogen) atoms. The van der Waals surface area contributed by atoms with E-state index in [1.165, 1.54) is 4.31 Å². The minimum Gasteiger partial charge on any atom is -0.378 e. The minimum atomic E-state index is -3.26. The van der Waals surface area contributed by atoms with Crippen molar-refractivity contribution in [2.45, 2.75) is 39.0 Å². The molecule has 3 rings (SSSR count). The summed E-state index contributed by atoms with van der Waals surface area (Å²) in [4.78, 5) is 29.3. The van der Waals surface area contributed by atoms with Crippen LogP contribution in [-0.2, 0) is 24.3 Å². The van der Waals surface area contributed by atoms with Crippen molar-refractivity contribution < 1.29 is 22.7 Å². The number of likely N-dealkylation sites (tertiary alicyclic amines) is 1. The number of carbonyl (C=O) groups excluding carboxylic acids is 2. The highest BCUT2D eigenvalue weighted by Crippen LogP contribution is 2.26. The van der Waals surface area contributed by atoms with Crippen LogP contribution in [0.25, 0.3) is 0 Å². The smallest absolute Gasteiger partial charge is 0.227 e. The van der Waals surface area contributed by atoms with Gasteiger partial charge in [-0.25, -0.2) is 12.7 Å². The Labute approximate surface area is 168 Å². The first-order valence-corrected chi connectivity index (χ1v) is 12.2. The first-order valence-electron chi connectivity index (χ1n) is 10.6. The lowest BCUT2D eigenvalue weighted by molar-refractivity contribution is -0.145. The average molecular weight is 416 g/mol. The second-order valence-electron chi connectivity index (χ2n) is 8.05. The highest BCUT2D eigenvalue weighted by Gasteiger charge is 2.36. The molecule has 0 N–H and O–H groups in total. The zero-order chi connectivity index (χ0) is 20.1. The number of hydrogen-bond acceptors (Lipinski definition) is 5. The van der Waals surface area contributed by atoms with E-state index in [-0.39, 0.29) is 29.4 Å². The van der Waals surface area contributed by atoms with Crippen molar-refractivity contribution in [1.82, 2.24) is 14.1 Å². The van der Waals surface area contributed by atoms with Crippen LogP contribution in [0.2, 0.25) is 0 Å². The molecule has 0 aromatic carbocycles. The van der Waals surface area contributed by atoms with E-state index < -0.39 is 10.0 Å². The molecule has 0 saturated carbocycles. The lowest BCUT2D eigenvalue weighted by Crippen LogP contribution is -2.51. The van der Waals surface area contributed by atoms with Gasteiger partial charge in [0.1, 0.15) is 0 Å². The summed E-state index contributed by atoms with van der Waals surface area (Å²) in [5, 5.41) is 0.